The van der Waals surface area contributed by atoms with E-state index in [0.717, 1.165) is 0 Å². The lowest BCUT2D eigenvalue weighted by molar-refractivity contribution is -0.165. The maximum atomic E-state index is 12.6. The number of hydrogen-bond acceptors (Lipinski definition) is 2. The van der Waals surface area contributed by atoms with Crippen LogP contribution in [0.4, 0.5) is 26.3 Å². The van der Waals surface area contributed by atoms with Crippen LogP contribution >= 0.6 is 0 Å². The van der Waals surface area contributed by atoms with Crippen molar-refractivity contribution in [2.75, 3.05) is 0 Å². The van der Waals surface area contributed by atoms with E-state index < -0.39 is 41.6 Å². The predicted molar refractivity (Wildman–Crippen MR) is 45.6 cm³/mol. The van der Waals surface area contributed by atoms with E-state index in [-0.39, 0.29) is 0 Å². The van der Waals surface area contributed by atoms with E-state index in [9.17, 15) is 31.1 Å². The van der Waals surface area contributed by atoms with Crippen LogP contribution in [0.2, 0.25) is 0 Å². The van der Waals surface area contributed by atoms with Crippen molar-refractivity contribution in [2.24, 2.45) is 0 Å². The Morgan fingerprint density at radius 3 is 2.11 bits per heavy atom. The molecule has 0 atom stereocenters. The Kier molecular flexibility index (Phi) is 3.54. The first kappa shape index (κ1) is 14.3. The van der Waals surface area contributed by atoms with Gasteiger partial charge in [-0.1, -0.05) is 0 Å². The molecule has 0 spiro atoms. The molecule has 1 rings (SSSR count). The maximum Gasteiger partial charge on any atom is 0.433 e. The number of aliphatic carboxylic acids is 1. The van der Waals surface area contributed by atoms with Crippen molar-refractivity contribution >= 4 is 5.97 Å². The summed E-state index contributed by atoms with van der Waals surface area (Å²) in [5, 5.41) is 8.38. The monoisotopic (exact) mass is 273 g/mol. The Hall–Kier alpha value is -1.80. The van der Waals surface area contributed by atoms with Gasteiger partial charge in [-0.25, -0.2) is 0 Å². The summed E-state index contributed by atoms with van der Waals surface area (Å²) in [6.45, 7) is 0. The van der Waals surface area contributed by atoms with Crippen LogP contribution in [0.15, 0.2) is 12.3 Å². The lowest BCUT2D eigenvalue weighted by atomic mass is 10.0. The van der Waals surface area contributed by atoms with Crippen molar-refractivity contribution in [3.63, 3.8) is 0 Å². The molecule has 1 aromatic heterocycles. The molecule has 0 unspecified atom stereocenters. The Labute approximate surface area is 96.1 Å². The van der Waals surface area contributed by atoms with E-state index in [2.05, 4.69) is 4.98 Å². The minimum absolute atomic E-state index is 0.496. The summed E-state index contributed by atoms with van der Waals surface area (Å²) < 4.78 is 74.8. The minimum atomic E-state index is -5.33. The van der Waals surface area contributed by atoms with Crippen LogP contribution in [0, 0.1) is 0 Å². The summed E-state index contributed by atoms with van der Waals surface area (Å²) in [5.74, 6) is -1.67. The average molecular weight is 273 g/mol. The van der Waals surface area contributed by atoms with Crippen molar-refractivity contribution in [3.05, 3.63) is 29.1 Å². The molecule has 18 heavy (non-hydrogen) atoms. The van der Waals surface area contributed by atoms with E-state index in [4.69, 9.17) is 5.11 Å². The van der Waals surface area contributed by atoms with Crippen molar-refractivity contribution in [1.29, 1.82) is 0 Å². The van der Waals surface area contributed by atoms with Gasteiger partial charge in [-0.2, -0.15) is 26.3 Å². The van der Waals surface area contributed by atoms with Crippen molar-refractivity contribution in [2.45, 2.75) is 18.8 Å². The molecule has 0 aliphatic rings. The lowest BCUT2D eigenvalue weighted by Crippen LogP contribution is -2.21. The molecule has 1 heterocycles. The van der Waals surface area contributed by atoms with E-state index in [1.54, 1.807) is 0 Å². The molecule has 0 aliphatic heterocycles. The first-order valence-electron chi connectivity index (χ1n) is 4.37. The molecule has 0 aromatic carbocycles. The Bertz CT molecular complexity index is 465. The van der Waals surface area contributed by atoms with Crippen molar-refractivity contribution in [3.8, 4) is 0 Å². The van der Waals surface area contributed by atoms with Gasteiger partial charge in [-0.15, -0.1) is 0 Å². The number of carboxylic acids is 1. The first-order chi connectivity index (χ1) is 8.03. The van der Waals surface area contributed by atoms with Gasteiger partial charge >= 0.3 is 18.3 Å². The van der Waals surface area contributed by atoms with Gasteiger partial charge in [0, 0.05) is 6.20 Å². The highest BCUT2D eigenvalue weighted by Crippen LogP contribution is 2.40. The molecule has 1 aromatic rings. The lowest BCUT2D eigenvalue weighted by Gasteiger charge is -2.17. The number of hydrogen-bond donors (Lipinski definition) is 1. The predicted octanol–water partition coefficient (Wildman–Crippen LogP) is 2.75. The highest BCUT2D eigenvalue weighted by Gasteiger charge is 2.46. The molecule has 0 radical (unpaired) electrons. The smallest absolute Gasteiger partial charge is 0.433 e. The summed E-state index contributed by atoms with van der Waals surface area (Å²) in [7, 11) is 0. The molecular weight excluding hydrogens is 268 g/mol. The van der Waals surface area contributed by atoms with Crippen LogP contribution in [0.3, 0.4) is 0 Å². The second-order valence-electron chi connectivity index (χ2n) is 3.26. The molecule has 1 N–H and O–H groups in total. The standard InChI is InChI=1S/C9H5F6NO2/c10-8(11,12)6-4(3-5(17)18)1-2-16-7(6)9(13,14)15/h1-2H,3H2,(H,17,18). The summed E-state index contributed by atoms with van der Waals surface area (Å²) in [4.78, 5) is 13.0. The Morgan fingerprint density at radius 2 is 1.72 bits per heavy atom. The van der Waals surface area contributed by atoms with E-state index in [0.29, 0.717) is 12.3 Å². The van der Waals surface area contributed by atoms with Gasteiger partial charge in [0.2, 0.25) is 0 Å². The number of nitrogens with zero attached hydrogens (tertiary/aromatic N) is 1. The van der Waals surface area contributed by atoms with Crippen molar-refractivity contribution in [1.82, 2.24) is 4.98 Å². The topological polar surface area (TPSA) is 50.2 Å². The Balaban J connectivity index is 3.50. The van der Waals surface area contributed by atoms with E-state index in [1.807, 2.05) is 0 Å². The molecule has 0 amide bonds. The first-order valence-corrected chi connectivity index (χ1v) is 4.37. The second-order valence-corrected chi connectivity index (χ2v) is 3.26. The maximum absolute atomic E-state index is 12.6. The van der Waals surface area contributed by atoms with Crippen molar-refractivity contribution < 1.29 is 36.2 Å². The fourth-order valence-corrected chi connectivity index (χ4v) is 1.34. The summed E-state index contributed by atoms with van der Waals surface area (Å²) in [5.41, 5.74) is -5.16. The molecule has 0 saturated carbocycles. The fourth-order valence-electron chi connectivity index (χ4n) is 1.34. The normalized spacial score (nSPS) is 12.6. The van der Waals surface area contributed by atoms with E-state index >= 15 is 0 Å². The molecule has 3 nitrogen and oxygen atoms in total. The number of aromatic nitrogens is 1. The van der Waals surface area contributed by atoms with Gasteiger partial charge in [0.05, 0.1) is 12.0 Å². The Morgan fingerprint density at radius 1 is 1.17 bits per heavy atom. The van der Waals surface area contributed by atoms with Gasteiger partial charge in [0.15, 0.2) is 5.69 Å². The number of carboxylic acid groups (broad SMARTS) is 1. The molecule has 0 bridgehead atoms. The molecule has 0 aliphatic carbocycles. The highest BCUT2D eigenvalue weighted by molar-refractivity contribution is 5.71. The van der Waals surface area contributed by atoms with Gasteiger partial charge < -0.3 is 5.11 Å². The van der Waals surface area contributed by atoms with Gasteiger partial charge in [-0.3, -0.25) is 9.78 Å². The van der Waals surface area contributed by atoms with Crippen LogP contribution in [-0.4, -0.2) is 16.1 Å². The number of carbonyl (C=O) groups is 1. The number of rotatable bonds is 2. The SMILES string of the molecule is O=C(O)Cc1ccnc(C(F)(F)F)c1C(F)(F)F. The third kappa shape index (κ3) is 3.11. The number of halogens is 6. The number of alkyl halides is 6. The van der Waals surface area contributed by atoms with Gasteiger partial charge in [0.1, 0.15) is 0 Å². The molecule has 100 valence electrons. The molecule has 0 fully saturated rings. The molecule has 0 saturated heterocycles. The van der Waals surface area contributed by atoms with Gasteiger partial charge in [0.25, 0.3) is 0 Å². The van der Waals surface area contributed by atoms with Crippen LogP contribution in [0.5, 0.6) is 0 Å². The van der Waals surface area contributed by atoms with Crippen LogP contribution < -0.4 is 0 Å². The quantitative estimate of drug-likeness (QED) is 0.843. The zero-order chi connectivity index (χ0) is 14.1. The summed E-state index contributed by atoms with van der Waals surface area (Å²) in [6, 6.07) is 0.603. The summed E-state index contributed by atoms with van der Waals surface area (Å²) in [6.07, 6.45) is -11.3. The van der Waals surface area contributed by atoms with Gasteiger partial charge in [-0.05, 0) is 11.6 Å². The summed E-state index contributed by atoms with van der Waals surface area (Å²) >= 11 is 0. The number of pyridine rings is 1. The third-order valence-electron chi connectivity index (χ3n) is 1.93. The van der Waals surface area contributed by atoms with Crippen LogP contribution in [0.1, 0.15) is 16.8 Å². The average Bonchev–Trinajstić information content (AvgIpc) is 2.13. The van der Waals surface area contributed by atoms with Crippen LogP contribution in [-0.2, 0) is 23.6 Å². The third-order valence-corrected chi connectivity index (χ3v) is 1.93. The fraction of sp³-hybridized carbons (Fsp3) is 0.333. The zero-order valence-corrected chi connectivity index (χ0v) is 8.43. The minimum Gasteiger partial charge on any atom is -0.481 e. The van der Waals surface area contributed by atoms with Crippen LogP contribution in [0.25, 0.3) is 0 Å². The molecular formula is C9H5F6NO2. The zero-order valence-electron chi connectivity index (χ0n) is 8.43. The highest BCUT2D eigenvalue weighted by atomic mass is 19.4. The largest absolute Gasteiger partial charge is 0.481 e. The van der Waals surface area contributed by atoms with E-state index in [1.165, 1.54) is 0 Å². The molecule has 9 heteroatoms. The second kappa shape index (κ2) is 4.46.